The van der Waals surface area contributed by atoms with Crippen molar-refractivity contribution in [2.75, 3.05) is 6.61 Å². The van der Waals surface area contributed by atoms with Crippen LogP contribution in [0, 0.1) is 5.92 Å². The highest BCUT2D eigenvalue weighted by Crippen LogP contribution is 2.23. The van der Waals surface area contributed by atoms with Gasteiger partial charge in [-0.05, 0) is 20.3 Å². The molecule has 0 radical (unpaired) electrons. The molecule has 1 fully saturated rings. The van der Waals surface area contributed by atoms with Gasteiger partial charge in [-0.25, -0.2) is 0 Å². The summed E-state index contributed by atoms with van der Waals surface area (Å²) in [6.45, 7) is 8.31. The molecule has 0 aromatic heterocycles. The topological polar surface area (TPSA) is 26.3 Å². The van der Waals surface area contributed by atoms with Gasteiger partial charge in [0, 0.05) is 18.9 Å². The summed E-state index contributed by atoms with van der Waals surface area (Å²) in [4.78, 5) is 11.5. The summed E-state index contributed by atoms with van der Waals surface area (Å²) in [6.07, 6.45) is 1.50. The fourth-order valence-corrected chi connectivity index (χ4v) is 1.58. The zero-order chi connectivity index (χ0) is 9.14. The molecule has 0 N–H and O–H groups in total. The van der Waals surface area contributed by atoms with E-state index in [-0.39, 0.29) is 17.8 Å². The number of carbonyl (C=O) groups is 1. The number of carbonyl (C=O) groups excluding carboxylic acids is 1. The molecule has 0 saturated carbocycles. The van der Waals surface area contributed by atoms with Crippen molar-refractivity contribution in [2.24, 2.45) is 5.92 Å². The van der Waals surface area contributed by atoms with E-state index < -0.39 is 0 Å². The highest BCUT2D eigenvalue weighted by molar-refractivity contribution is 5.83. The van der Waals surface area contributed by atoms with Gasteiger partial charge in [0.25, 0.3) is 0 Å². The Morgan fingerprint density at radius 3 is 2.75 bits per heavy atom. The van der Waals surface area contributed by atoms with Crippen molar-refractivity contribution in [3.63, 3.8) is 0 Å². The second-order valence-corrected chi connectivity index (χ2v) is 3.57. The van der Waals surface area contributed by atoms with Gasteiger partial charge in [0.1, 0.15) is 5.78 Å². The Bertz CT molecular complexity index is 196. The molecule has 1 rings (SSSR count). The first-order chi connectivity index (χ1) is 5.61. The summed E-state index contributed by atoms with van der Waals surface area (Å²) in [5.41, 5.74) is 0.944. The minimum absolute atomic E-state index is 0.108. The van der Waals surface area contributed by atoms with Crippen LogP contribution in [-0.2, 0) is 9.53 Å². The van der Waals surface area contributed by atoms with Crippen molar-refractivity contribution < 1.29 is 9.53 Å². The predicted octanol–water partition coefficient (Wildman–Crippen LogP) is 1.95. The maximum Gasteiger partial charge on any atom is 0.142 e. The molecule has 68 valence electrons. The van der Waals surface area contributed by atoms with E-state index >= 15 is 0 Å². The van der Waals surface area contributed by atoms with Crippen molar-refractivity contribution >= 4 is 5.78 Å². The lowest BCUT2D eigenvalue weighted by Gasteiger charge is -2.11. The average Bonchev–Trinajstić information content (AvgIpc) is 2.33. The second-order valence-electron chi connectivity index (χ2n) is 3.57. The Labute approximate surface area is 73.6 Å². The van der Waals surface area contributed by atoms with Gasteiger partial charge in [0.05, 0.1) is 6.10 Å². The molecule has 1 aliphatic rings. The first kappa shape index (κ1) is 9.46. The summed E-state index contributed by atoms with van der Waals surface area (Å²) in [5.74, 6) is 0.397. The van der Waals surface area contributed by atoms with E-state index in [0.29, 0.717) is 6.42 Å². The van der Waals surface area contributed by atoms with Gasteiger partial charge in [-0.15, -0.1) is 0 Å². The summed E-state index contributed by atoms with van der Waals surface area (Å²) in [7, 11) is 0. The van der Waals surface area contributed by atoms with Gasteiger partial charge < -0.3 is 4.74 Å². The third kappa shape index (κ3) is 2.18. The van der Waals surface area contributed by atoms with Crippen molar-refractivity contribution in [2.45, 2.75) is 32.8 Å². The second kappa shape index (κ2) is 3.85. The number of rotatable bonds is 3. The van der Waals surface area contributed by atoms with Crippen molar-refractivity contribution in [1.29, 1.82) is 0 Å². The largest absolute Gasteiger partial charge is 0.378 e. The molecule has 0 spiro atoms. The fraction of sp³-hybridized carbons (Fsp3) is 0.700. The van der Waals surface area contributed by atoms with Crippen LogP contribution in [0.2, 0.25) is 0 Å². The molecular formula is C10H16O2. The fourth-order valence-electron chi connectivity index (χ4n) is 1.58. The lowest BCUT2D eigenvalue weighted by Crippen LogP contribution is -2.21. The number of ether oxygens (including phenoxy) is 1. The number of Topliss-reactive ketones (excluding diaryl/α,β-unsaturated/α-hetero) is 1. The van der Waals surface area contributed by atoms with Crippen LogP contribution in [0.5, 0.6) is 0 Å². The van der Waals surface area contributed by atoms with Crippen molar-refractivity contribution in [1.82, 2.24) is 0 Å². The van der Waals surface area contributed by atoms with E-state index in [2.05, 4.69) is 6.58 Å². The smallest absolute Gasteiger partial charge is 0.142 e. The Balaban J connectivity index is 2.46. The summed E-state index contributed by atoms with van der Waals surface area (Å²) in [6, 6.07) is 0. The summed E-state index contributed by atoms with van der Waals surface area (Å²) < 4.78 is 5.32. The quantitative estimate of drug-likeness (QED) is 0.602. The number of ketones is 1. The Morgan fingerprint density at radius 1 is 1.67 bits per heavy atom. The first-order valence-electron chi connectivity index (χ1n) is 4.40. The molecule has 2 unspecified atom stereocenters. The van der Waals surface area contributed by atoms with Crippen LogP contribution in [0.15, 0.2) is 12.2 Å². The van der Waals surface area contributed by atoms with Crippen LogP contribution in [0.25, 0.3) is 0 Å². The van der Waals surface area contributed by atoms with Gasteiger partial charge in [0.2, 0.25) is 0 Å². The van der Waals surface area contributed by atoms with Gasteiger partial charge in [0.15, 0.2) is 0 Å². The molecule has 0 aromatic rings. The zero-order valence-corrected chi connectivity index (χ0v) is 7.80. The monoisotopic (exact) mass is 168 g/mol. The number of hydrogen-bond acceptors (Lipinski definition) is 2. The van der Waals surface area contributed by atoms with Gasteiger partial charge in [-0.1, -0.05) is 12.2 Å². The molecule has 1 heterocycles. The van der Waals surface area contributed by atoms with Crippen LogP contribution in [0.1, 0.15) is 26.7 Å². The minimum atomic E-state index is 0.108. The highest BCUT2D eigenvalue weighted by atomic mass is 16.5. The molecule has 0 bridgehead atoms. The third-order valence-corrected chi connectivity index (χ3v) is 2.27. The molecule has 2 heteroatoms. The van der Waals surface area contributed by atoms with Crippen molar-refractivity contribution in [3.8, 4) is 0 Å². The molecule has 0 aromatic carbocycles. The maximum absolute atomic E-state index is 11.5. The van der Waals surface area contributed by atoms with E-state index in [1.54, 1.807) is 0 Å². The normalized spacial score (nSPS) is 28.8. The molecule has 0 amide bonds. The predicted molar refractivity (Wildman–Crippen MR) is 48.0 cm³/mol. The van der Waals surface area contributed by atoms with Crippen molar-refractivity contribution in [3.05, 3.63) is 12.2 Å². The zero-order valence-electron chi connectivity index (χ0n) is 7.80. The third-order valence-electron chi connectivity index (χ3n) is 2.27. The van der Waals surface area contributed by atoms with Crippen LogP contribution in [0.3, 0.4) is 0 Å². The molecule has 2 nitrogen and oxygen atoms in total. The first-order valence-corrected chi connectivity index (χ1v) is 4.40. The van der Waals surface area contributed by atoms with Gasteiger partial charge in [-0.2, -0.15) is 0 Å². The number of hydrogen-bond donors (Lipinski definition) is 0. The Morgan fingerprint density at radius 2 is 2.33 bits per heavy atom. The van der Waals surface area contributed by atoms with Crippen LogP contribution in [-0.4, -0.2) is 18.5 Å². The standard InChI is InChI=1S/C10H16O2/c1-7(2)6-10(11)9-4-5-12-8(9)3/h8-9H,1,4-6H2,2-3H3. The lowest BCUT2D eigenvalue weighted by molar-refractivity contribution is -0.123. The number of allylic oxidation sites excluding steroid dienone is 1. The van der Waals surface area contributed by atoms with E-state index in [4.69, 9.17) is 4.74 Å². The van der Waals surface area contributed by atoms with Crippen LogP contribution >= 0.6 is 0 Å². The molecule has 2 atom stereocenters. The molecule has 1 aliphatic heterocycles. The van der Waals surface area contributed by atoms with E-state index in [1.165, 1.54) is 0 Å². The van der Waals surface area contributed by atoms with Crippen LogP contribution < -0.4 is 0 Å². The van der Waals surface area contributed by atoms with E-state index in [0.717, 1.165) is 18.6 Å². The average molecular weight is 168 g/mol. The van der Waals surface area contributed by atoms with Gasteiger partial charge in [-0.3, -0.25) is 4.79 Å². The molecule has 0 aliphatic carbocycles. The minimum Gasteiger partial charge on any atom is -0.378 e. The van der Waals surface area contributed by atoms with Crippen LogP contribution in [0.4, 0.5) is 0 Å². The van der Waals surface area contributed by atoms with E-state index in [9.17, 15) is 4.79 Å². The Hall–Kier alpha value is -0.630. The SMILES string of the molecule is C=C(C)CC(=O)C1CCOC1C. The lowest BCUT2D eigenvalue weighted by atomic mass is 9.94. The molecular weight excluding hydrogens is 152 g/mol. The molecule has 1 saturated heterocycles. The highest BCUT2D eigenvalue weighted by Gasteiger charge is 2.29. The molecule has 12 heavy (non-hydrogen) atoms. The van der Waals surface area contributed by atoms with E-state index in [1.807, 2.05) is 13.8 Å². The summed E-state index contributed by atoms with van der Waals surface area (Å²) in [5, 5.41) is 0. The summed E-state index contributed by atoms with van der Waals surface area (Å²) >= 11 is 0. The van der Waals surface area contributed by atoms with Gasteiger partial charge >= 0.3 is 0 Å². The Kier molecular flexibility index (Phi) is 3.04. The maximum atomic E-state index is 11.5.